The van der Waals surface area contributed by atoms with Crippen LogP contribution in [0.25, 0.3) is 0 Å². The number of aromatic nitrogens is 1. The Hall–Kier alpha value is -2.13. The van der Waals surface area contributed by atoms with E-state index in [0.717, 1.165) is 16.8 Å². The molecule has 1 aromatic heterocycles. The van der Waals surface area contributed by atoms with E-state index in [-0.39, 0.29) is 26.1 Å². The summed E-state index contributed by atoms with van der Waals surface area (Å²) in [4.78, 5) is 24.9. The van der Waals surface area contributed by atoms with Crippen molar-refractivity contribution in [3.8, 4) is 0 Å². The summed E-state index contributed by atoms with van der Waals surface area (Å²) in [5, 5.41) is -0.596. The number of halogens is 5. The maximum absolute atomic E-state index is 13.3. The molecule has 0 saturated carbocycles. The number of carbonyl (C=O) groups is 1. The fourth-order valence-electron chi connectivity index (χ4n) is 2.22. The molecule has 0 radical (unpaired) electrons. The van der Waals surface area contributed by atoms with Crippen LogP contribution in [0.2, 0.25) is 0 Å². The lowest BCUT2D eigenvalue weighted by Crippen LogP contribution is -2.35. The monoisotopic (exact) mass is 339 g/mol. The number of amides is 1. The lowest BCUT2D eigenvalue weighted by molar-refractivity contribution is -0.131. The van der Waals surface area contributed by atoms with E-state index < -0.39 is 41.2 Å². The highest BCUT2D eigenvalue weighted by Crippen LogP contribution is 2.21. The van der Waals surface area contributed by atoms with E-state index in [9.17, 15) is 31.6 Å². The van der Waals surface area contributed by atoms with Crippen LogP contribution in [0.5, 0.6) is 0 Å². The van der Waals surface area contributed by atoms with Crippen LogP contribution in [0.1, 0.15) is 6.42 Å². The largest absolute Gasteiger partial charge is 0.408 e. The van der Waals surface area contributed by atoms with Gasteiger partial charge in [-0.25, -0.2) is 9.51 Å². The lowest BCUT2D eigenvalue weighted by Gasteiger charge is -2.18. The number of likely N-dealkylation sites (tertiary alicyclic amines) is 1. The van der Waals surface area contributed by atoms with Gasteiger partial charge in [0.05, 0.1) is 12.2 Å². The van der Waals surface area contributed by atoms with Crippen LogP contribution in [0.15, 0.2) is 23.1 Å². The Morgan fingerprint density at radius 1 is 1.39 bits per heavy atom. The van der Waals surface area contributed by atoms with Crippen LogP contribution in [0.4, 0.5) is 27.7 Å². The molecule has 10 heteroatoms. The molecule has 23 heavy (non-hydrogen) atoms. The van der Waals surface area contributed by atoms with E-state index in [4.69, 9.17) is 0 Å². The topological polar surface area (TPSA) is 45.6 Å². The van der Waals surface area contributed by atoms with Crippen molar-refractivity contribution in [2.45, 2.75) is 25.3 Å². The third-order valence-electron chi connectivity index (χ3n) is 3.37. The highest BCUT2D eigenvalue weighted by Gasteiger charge is 2.32. The Bertz CT molecular complexity index is 631. The van der Waals surface area contributed by atoms with Crippen molar-refractivity contribution in [1.82, 2.24) is 9.47 Å². The van der Waals surface area contributed by atoms with E-state index in [1.54, 1.807) is 0 Å². The van der Waals surface area contributed by atoms with Crippen LogP contribution in [0.3, 0.4) is 0 Å². The number of rotatable bonds is 4. The summed E-state index contributed by atoms with van der Waals surface area (Å²) >= 11 is 0. The molecule has 2 rings (SSSR count). The van der Waals surface area contributed by atoms with E-state index in [1.807, 2.05) is 0 Å². The van der Waals surface area contributed by atoms with Crippen LogP contribution in [-0.2, 0) is 11.3 Å². The number of alkyl halides is 4. The predicted octanol–water partition coefficient (Wildman–Crippen LogP) is 1.67. The number of hydrogen-bond donors (Lipinski definition) is 0. The van der Waals surface area contributed by atoms with E-state index in [2.05, 4.69) is 0 Å². The fraction of sp³-hybridized carbons (Fsp3) is 0.538. The molecule has 128 valence electrons. The molecule has 0 spiro atoms. The Morgan fingerprint density at radius 2 is 2.09 bits per heavy atom. The zero-order chi connectivity index (χ0) is 17.2. The van der Waals surface area contributed by atoms with Gasteiger partial charge in [0, 0.05) is 18.8 Å². The molecule has 0 aromatic carbocycles. The molecule has 0 aliphatic carbocycles. The van der Waals surface area contributed by atoms with E-state index in [1.165, 1.54) is 4.90 Å². The van der Waals surface area contributed by atoms with Gasteiger partial charge in [-0.15, -0.1) is 0 Å². The average Bonchev–Trinajstić information content (AvgIpc) is 2.85. The van der Waals surface area contributed by atoms with Gasteiger partial charge < -0.3 is 9.47 Å². The summed E-state index contributed by atoms with van der Waals surface area (Å²) in [6.45, 7) is -2.02. The molecule has 5 nitrogen and oxygen atoms in total. The first kappa shape index (κ1) is 17.2. The number of anilines is 1. The molecular weight excluding hydrogens is 325 g/mol. The summed E-state index contributed by atoms with van der Waals surface area (Å²) in [6, 6.07) is 1.63. The first-order chi connectivity index (χ1) is 10.7. The smallest absolute Gasteiger partial charge is 0.338 e. The van der Waals surface area contributed by atoms with Crippen molar-refractivity contribution < 1.29 is 26.8 Å². The molecule has 1 fully saturated rings. The molecule has 0 bridgehead atoms. The third-order valence-corrected chi connectivity index (χ3v) is 3.37. The van der Waals surface area contributed by atoms with Crippen molar-refractivity contribution in [2.75, 3.05) is 24.8 Å². The lowest BCUT2D eigenvalue weighted by atomic mass is 10.3. The summed E-state index contributed by atoms with van der Waals surface area (Å²) in [5.74, 6) is -0.479. The van der Waals surface area contributed by atoms with Crippen molar-refractivity contribution in [1.29, 1.82) is 0 Å². The third kappa shape index (κ3) is 4.67. The standard InChI is InChI=1S/C13H14F5N3O2/c14-9-1-3-19(6-9)12(23)7-20-4-2-10(5-11(20)22)21(18)8-13(15,16)17/h2,4-5,9H,1,3,6-8H2. The SMILES string of the molecule is O=C(Cn1ccc(N(F)CC(F)(F)F)cc1=O)N1CCC(F)C1. The Labute approximate surface area is 127 Å². The van der Waals surface area contributed by atoms with Crippen LogP contribution in [-0.4, -0.2) is 47.4 Å². The fourth-order valence-corrected chi connectivity index (χ4v) is 2.22. The second-order valence-corrected chi connectivity index (χ2v) is 5.21. The molecule has 1 aromatic rings. The number of carbonyl (C=O) groups excluding carboxylic acids is 1. The van der Waals surface area contributed by atoms with Gasteiger partial charge in [-0.05, 0) is 12.5 Å². The Morgan fingerprint density at radius 3 is 2.61 bits per heavy atom. The molecule has 1 saturated heterocycles. The van der Waals surface area contributed by atoms with Crippen LogP contribution < -0.4 is 10.7 Å². The normalized spacial score (nSPS) is 18.3. The number of pyridine rings is 1. The van der Waals surface area contributed by atoms with Gasteiger partial charge in [0.25, 0.3) is 5.56 Å². The van der Waals surface area contributed by atoms with E-state index in [0.29, 0.717) is 6.07 Å². The Kier molecular flexibility index (Phi) is 4.90. The second-order valence-electron chi connectivity index (χ2n) is 5.21. The summed E-state index contributed by atoms with van der Waals surface area (Å²) < 4.78 is 63.6. The quantitative estimate of drug-likeness (QED) is 0.619. The summed E-state index contributed by atoms with van der Waals surface area (Å²) in [7, 11) is 0. The maximum Gasteiger partial charge on any atom is 0.408 e. The van der Waals surface area contributed by atoms with Crippen molar-refractivity contribution in [3.05, 3.63) is 28.7 Å². The zero-order valence-corrected chi connectivity index (χ0v) is 11.9. The van der Waals surface area contributed by atoms with Gasteiger partial charge in [0.15, 0.2) is 0 Å². The first-order valence-electron chi connectivity index (χ1n) is 6.78. The predicted molar refractivity (Wildman–Crippen MR) is 71.3 cm³/mol. The van der Waals surface area contributed by atoms with Crippen molar-refractivity contribution in [2.24, 2.45) is 0 Å². The average molecular weight is 339 g/mol. The van der Waals surface area contributed by atoms with E-state index >= 15 is 0 Å². The number of nitrogens with zero attached hydrogens (tertiary/aromatic N) is 3. The van der Waals surface area contributed by atoms with Gasteiger partial charge in [0.2, 0.25) is 5.91 Å². The van der Waals surface area contributed by atoms with Gasteiger partial charge in [0.1, 0.15) is 19.3 Å². The minimum absolute atomic E-state index is 0.0461. The maximum atomic E-state index is 13.3. The minimum Gasteiger partial charge on any atom is -0.338 e. The molecule has 1 aliphatic rings. The van der Waals surface area contributed by atoms with Gasteiger partial charge in [-0.2, -0.15) is 13.2 Å². The molecule has 1 amide bonds. The van der Waals surface area contributed by atoms with Gasteiger partial charge in [-0.3, -0.25) is 9.59 Å². The second kappa shape index (κ2) is 6.55. The van der Waals surface area contributed by atoms with Gasteiger partial charge in [-0.1, -0.05) is 4.48 Å². The molecule has 1 unspecified atom stereocenters. The highest BCUT2D eigenvalue weighted by atomic mass is 19.4. The van der Waals surface area contributed by atoms with Gasteiger partial charge >= 0.3 is 6.18 Å². The summed E-state index contributed by atoms with van der Waals surface area (Å²) in [5.41, 5.74) is -1.38. The number of hydrogen-bond acceptors (Lipinski definition) is 3. The molecular formula is C13H14F5N3O2. The summed E-state index contributed by atoms with van der Waals surface area (Å²) in [6.07, 6.45) is -4.59. The molecule has 0 N–H and O–H groups in total. The van der Waals surface area contributed by atoms with Crippen LogP contribution in [0, 0.1) is 0 Å². The first-order valence-corrected chi connectivity index (χ1v) is 6.78. The molecule has 2 heterocycles. The van der Waals surface area contributed by atoms with Crippen molar-refractivity contribution in [3.63, 3.8) is 0 Å². The molecule has 1 aliphatic heterocycles. The van der Waals surface area contributed by atoms with Crippen molar-refractivity contribution >= 4 is 11.6 Å². The Balaban J connectivity index is 2.05. The zero-order valence-electron chi connectivity index (χ0n) is 11.9. The highest BCUT2D eigenvalue weighted by molar-refractivity contribution is 5.76. The minimum atomic E-state index is -4.75. The van der Waals surface area contributed by atoms with Crippen LogP contribution >= 0.6 is 0 Å². The molecule has 1 atom stereocenters.